The van der Waals surface area contributed by atoms with Gasteiger partial charge < -0.3 is 5.32 Å². The summed E-state index contributed by atoms with van der Waals surface area (Å²) in [4.78, 5) is 0. The zero-order valence-electron chi connectivity index (χ0n) is 6.72. The molecule has 2 atom stereocenters. The highest BCUT2D eigenvalue weighted by Crippen LogP contribution is 2.25. The van der Waals surface area contributed by atoms with Crippen molar-refractivity contribution >= 4 is 23.4 Å². The lowest BCUT2D eigenvalue weighted by Gasteiger charge is -2.14. The van der Waals surface area contributed by atoms with Crippen LogP contribution in [0.5, 0.6) is 0 Å². The average Bonchev–Trinajstić information content (AvgIpc) is 2.37. The summed E-state index contributed by atoms with van der Waals surface area (Å²) in [6.45, 7) is 3.18. The lowest BCUT2D eigenvalue weighted by molar-refractivity contribution is 0.543. The van der Waals surface area contributed by atoms with Crippen LogP contribution in [0.15, 0.2) is 11.6 Å². The van der Waals surface area contributed by atoms with E-state index in [0.29, 0.717) is 6.04 Å². The second kappa shape index (κ2) is 5.07. The Morgan fingerprint density at radius 3 is 3.09 bits per heavy atom. The third-order valence-electron chi connectivity index (χ3n) is 1.96. The van der Waals surface area contributed by atoms with Gasteiger partial charge in [0.2, 0.25) is 0 Å². The number of rotatable bonds is 3. The highest BCUT2D eigenvalue weighted by atomic mass is 35.5. The predicted octanol–water partition coefficient (Wildman–Crippen LogP) is 2.22. The first-order valence-electron chi connectivity index (χ1n) is 3.95. The fourth-order valence-electron chi connectivity index (χ4n) is 1.26. The summed E-state index contributed by atoms with van der Waals surface area (Å²) in [6.07, 6.45) is 3.24. The molecule has 2 unspecified atom stereocenters. The molecular formula is C8H14ClNS. The molecule has 1 heterocycles. The zero-order valence-corrected chi connectivity index (χ0v) is 8.29. The summed E-state index contributed by atoms with van der Waals surface area (Å²) in [5.74, 6) is 1.30. The number of nitrogens with one attached hydrogen (secondary N) is 1. The van der Waals surface area contributed by atoms with E-state index >= 15 is 0 Å². The maximum atomic E-state index is 5.40. The predicted molar refractivity (Wildman–Crippen MR) is 53.3 cm³/mol. The van der Waals surface area contributed by atoms with Crippen molar-refractivity contribution in [1.82, 2.24) is 5.32 Å². The van der Waals surface area contributed by atoms with Crippen molar-refractivity contribution in [2.75, 3.05) is 12.3 Å². The molecule has 0 saturated carbocycles. The van der Waals surface area contributed by atoms with E-state index in [9.17, 15) is 0 Å². The molecule has 1 N–H and O–H groups in total. The van der Waals surface area contributed by atoms with E-state index in [1.54, 1.807) is 5.54 Å². The van der Waals surface area contributed by atoms with Crippen molar-refractivity contribution in [2.45, 2.75) is 24.6 Å². The Bertz CT molecular complexity index is 138. The van der Waals surface area contributed by atoms with Crippen LogP contribution in [-0.2, 0) is 0 Å². The molecule has 0 aromatic rings. The van der Waals surface area contributed by atoms with Gasteiger partial charge in [-0.3, -0.25) is 0 Å². The Kier molecular flexibility index (Phi) is 4.34. The fraction of sp³-hybridized carbons (Fsp3) is 0.750. The van der Waals surface area contributed by atoms with E-state index in [1.165, 1.54) is 12.2 Å². The molecule has 0 bridgehead atoms. The van der Waals surface area contributed by atoms with E-state index in [2.05, 4.69) is 12.2 Å². The number of halogens is 1. The largest absolute Gasteiger partial charge is 0.309 e. The monoisotopic (exact) mass is 191 g/mol. The Morgan fingerprint density at radius 1 is 1.73 bits per heavy atom. The summed E-state index contributed by atoms with van der Waals surface area (Å²) in [5, 5.41) is 4.20. The van der Waals surface area contributed by atoms with E-state index < -0.39 is 0 Å². The molecule has 0 spiro atoms. The van der Waals surface area contributed by atoms with Crippen molar-refractivity contribution in [2.24, 2.45) is 0 Å². The van der Waals surface area contributed by atoms with Gasteiger partial charge in [-0.2, -0.15) is 11.8 Å². The van der Waals surface area contributed by atoms with Crippen molar-refractivity contribution in [3.05, 3.63) is 11.6 Å². The number of hydrogen-bond acceptors (Lipinski definition) is 2. The first kappa shape index (κ1) is 9.43. The summed E-state index contributed by atoms with van der Waals surface area (Å²) in [6, 6.07) is 0.688. The summed E-state index contributed by atoms with van der Waals surface area (Å²) < 4.78 is 0. The average molecular weight is 192 g/mol. The minimum atomic E-state index is 0.688. The van der Waals surface area contributed by atoms with Gasteiger partial charge in [0, 0.05) is 23.4 Å². The van der Waals surface area contributed by atoms with E-state index in [0.717, 1.165) is 11.8 Å². The SMILES string of the molecule is CC1SCCC1NC/C=C/Cl. The molecule has 64 valence electrons. The molecule has 0 radical (unpaired) electrons. The molecule has 0 aliphatic carbocycles. The van der Waals surface area contributed by atoms with Gasteiger partial charge in [-0.1, -0.05) is 24.6 Å². The third kappa shape index (κ3) is 3.06. The molecule has 1 saturated heterocycles. The van der Waals surface area contributed by atoms with Gasteiger partial charge in [0.25, 0.3) is 0 Å². The minimum Gasteiger partial charge on any atom is -0.309 e. The third-order valence-corrected chi connectivity index (χ3v) is 3.47. The Hall–Kier alpha value is 0.340. The van der Waals surface area contributed by atoms with Gasteiger partial charge in [0.05, 0.1) is 0 Å². The second-order valence-corrected chi connectivity index (χ2v) is 4.48. The van der Waals surface area contributed by atoms with Gasteiger partial charge in [0.1, 0.15) is 0 Å². The molecule has 11 heavy (non-hydrogen) atoms. The zero-order chi connectivity index (χ0) is 8.10. The molecule has 1 rings (SSSR count). The smallest absolute Gasteiger partial charge is 0.0194 e. The van der Waals surface area contributed by atoms with Gasteiger partial charge in [-0.25, -0.2) is 0 Å². The van der Waals surface area contributed by atoms with Crippen LogP contribution in [0.2, 0.25) is 0 Å². The highest BCUT2D eigenvalue weighted by molar-refractivity contribution is 8.00. The van der Waals surface area contributed by atoms with Gasteiger partial charge in [-0.15, -0.1) is 0 Å². The summed E-state index contributed by atoms with van der Waals surface area (Å²) >= 11 is 7.44. The van der Waals surface area contributed by atoms with Crippen LogP contribution in [-0.4, -0.2) is 23.6 Å². The Morgan fingerprint density at radius 2 is 2.55 bits per heavy atom. The highest BCUT2D eigenvalue weighted by Gasteiger charge is 2.22. The summed E-state index contributed by atoms with van der Waals surface area (Å²) in [7, 11) is 0. The van der Waals surface area contributed by atoms with Crippen LogP contribution in [0.1, 0.15) is 13.3 Å². The first-order valence-corrected chi connectivity index (χ1v) is 5.43. The standard InChI is InChI=1S/C8H14ClNS/c1-7-8(3-6-11-7)10-5-2-4-9/h2,4,7-8,10H,3,5-6H2,1H3/b4-2+. The van der Waals surface area contributed by atoms with E-state index in [-0.39, 0.29) is 0 Å². The van der Waals surface area contributed by atoms with Crippen molar-refractivity contribution < 1.29 is 0 Å². The molecule has 0 aromatic heterocycles. The second-order valence-electron chi connectivity index (χ2n) is 2.74. The molecule has 0 amide bonds. The maximum absolute atomic E-state index is 5.40. The lowest BCUT2D eigenvalue weighted by atomic mass is 10.2. The normalized spacial score (nSPS) is 31.8. The van der Waals surface area contributed by atoms with Gasteiger partial charge >= 0.3 is 0 Å². The van der Waals surface area contributed by atoms with Crippen LogP contribution in [0.4, 0.5) is 0 Å². The van der Waals surface area contributed by atoms with E-state index in [4.69, 9.17) is 11.6 Å². The van der Waals surface area contributed by atoms with Crippen LogP contribution < -0.4 is 5.32 Å². The van der Waals surface area contributed by atoms with Crippen LogP contribution in [0.3, 0.4) is 0 Å². The van der Waals surface area contributed by atoms with Gasteiger partial charge in [-0.05, 0) is 12.2 Å². The molecular weight excluding hydrogens is 178 g/mol. The molecule has 1 aliphatic heterocycles. The van der Waals surface area contributed by atoms with E-state index in [1.807, 2.05) is 17.8 Å². The van der Waals surface area contributed by atoms with Crippen molar-refractivity contribution in [3.63, 3.8) is 0 Å². The van der Waals surface area contributed by atoms with Gasteiger partial charge in [0.15, 0.2) is 0 Å². The molecule has 0 aromatic carbocycles. The first-order chi connectivity index (χ1) is 5.34. The Labute approximate surface area is 77.6 Å². The fourth-order valence-corrected chi connectivity index (χ4v) is 2.58. The Balaban J connectivity index is 2.15. The quantitative estimate of drug-likeness (QED) is 0.735. The van der Waals surface area contributed by atoms with Crippen LogP contribution in [0, 0.1) is 0 Å². The number of hydrogen-bond donors (Lipinski definition) is 1. The summed E-state index contributed by atoms with van der Waals surface area (Å²) in [5.41, 5.74) is 1.57. The van der Waals surface area contributed by atoms with Crippen molar-refractivity contribution in [3.8, 4) is 0 Å². The molecule has 1 fully saturated rings. The molecule has 3 heteroatoms. The maximum Gasteiger partial charge on any atom is 0.0194 e. The topological polar surface area (TPSA) is 12.0 Å². The molecule has 1 nitrogen and oxygen atoms in total. The van der Waals surface area contributed by atoms with Crippen LogP contribution >= 0.6 is 23.4 Å². The minimum absolute atomic E-state index is 0.688. The van der Waals surface area contributed by atoms with Crippen molar-refractivity contribution in [1.29, 1.82) is 0 Å². The van der Waals surface area contributed by atoms with Crippen LogP contribution in [0.25, 0.3) is 0 Å². The molecule has 1 aliphatic rings. The number of thioether (sulfide) groups is 1. The lowest BCUT2D eigenvalue weighted by Crippen LogP contribution is -2.33.